The number of aromatic nitrogens is 2. The third-order valence-electron chi connectivity index (χ3n) is 10.3. The van der Waals surface area contributed by atoms with E-state index in [-0.39, 0.29) is 23.2 Å². The van der Waals surface area contributed by atoms with E-state index in [1.54, 1.807) is 6.20 Å². The molecule has 0 radical (unpaired) electrons. The first-order valence-electron chi connectivity index (χ1n) is 14.2. The van der Waals surface area contributed by atoms with Gasteiger partial charge in [-0.2, -0.15) is 4.98 Å². The predicted molar refractivity (Wildman–Crippen MR) is 144 cm³/mol. The molecule has 9 nitrogen and oxygen atoms in total. The molecule has 7 aliphatic rings. The number of likely N-dealkylation sites (tertiary alicyclic amines) is 1. The molecule has 4 aliphatic heterocycles. The maximum absolute atomic E-state index is 15.2. The van der Waals surface area contributed by atoms with Crippen molar-refractivity contribution < 1.29 is 14.0 Å². The van der Waals surface area contributed by atoms with Gasteiger partial charge in [-0.1, -0.05) is 0 Å². The van der Waals surface area contributed by atoms with Gasteiger partial charge in [-0.05, 0) is 63.6 Å². The Labute approximate surface area is 227 Å². The molecule has 204 valence electrons. The predicted octanol–water partition coefficient (Wildman–Crippen LogP) is 2.84. The summed E-state index contributed by atoms with van der Waals surface area (Å²) in [4.78, 5) is 42.4. The van der Waals surface area contributed by atoms with E-state index in [2.05, 4.69) is 39.3 Å². The minimum atomic E-state index is -1.05. The number of carbonyl (C=O) groups is 2. The standard InChI is InChI=1S/C29H34FN7O2/c1-17(2)35-13-27(14-35)15-36(16-27)22-4-3-20(7-21(22)30)33-26-32-12-19-11-29(5-6-31-24(29)38)25(39)37(23(19)34-26)28-8-18(9-28)10-28/h3-4,7,12,17-18H,5-6,8-11,13-16H2,1-2H3,(H,31,38)(H,32,33,34)/t18?,28?,29-/m1/s1. The van der Waals surface area contributed by atoms with E-state index >= 15 is 4.39 Å². The van der Waals surface area contributed by atoms with Crippen molar-refractivity contribution in [2.75, 3.05) is 47.8 Å². The molecule has 2 bridgehead atoms. The lowest BCUT2D eigenvalue weighted by molar-refractivity contribution is -0.144. The van der Waals surface area contributed by atoms with Gasteiger partial charge in [-0.25, -0.2) is 9.37 Å². The van der Waals surface area contributed by atoms with E-state index in [0.717, 1.165) is 51.0 Å². The molecule has 2 spiro atoms. The summed E-state index contributed by atoms with van der Waals surface area (Å²) in [6.45, 7) is 8.91. The van der Waals surface area contributed by atoms with Crippen LogP contribution >= 0.6 is 0 Å². The Bertz CT molecular complexity index is 1400. The number of hydrogen-bond acceptors (Lipinski definition) is 7. The van der Waals surface area contributed by atoms with Gasteiger partial charge in [0, 0.05) is 68.0 Å². The van der Waals surface area contributed by atoms with E-state index < -0.39 is 5.41 Å². The highest BCUT2D eigenvalue weighted by molar-refractivity contribution is 6.15. The molecule has 1 aromatic carbocycles. The summed E-state index contributed by atoms with van der Waals surface area (Å²) in [6, 6.07) is 5.73. The molecule has 39 heavy (non-hydrogen) atoms. The van der Waals surface area contributed by atoms with Gasteiger partial charge in [0.2, 0.25) is 17.8 Å². The maximum Gasteiger partial charge on any atom is 0.244 e. The normalized spacial score (nSPS) is 31.9. The van der Waals surface area contributed by atoms with Crippen LogP contribution < -0.4 is 20.4 Å². The lowest BCUT2D eigenvalue weighted by Gasteiger charge is -2.67. The number of amides is 2. The summed E-state index contributed by atoms with van der Waals surface area (Å²) in [5.41, 5.74) is 1.04. The molecule has 9 rings (SSSR count). The Morgan fingerprint density at radius 3 is 2.51 bits per heavy atom. The number of anilines is 4. The molecule has 1 atom stereocenters. The summed E-state index contributed by atoms with van der Waals surface area (Å²) in [6.07, 6.45) is 5.43. The van der Waals surface area contributed by atoms with Gasteiger partial charge in [-0.15, -0.1) is 0 Å². The highest BCUT2D eigenvalue weighted by Gasteiger charge is 2.67. The molecule has 2 amide bonds. The number of benzene rings is 1. The van der Waals surface area contributed by atoms with Crippen LogP contribution in [-0.2, 0) is 16.0 Å². The quantitative estimate of drug-likeness (QED) is 0.573. The highest BCUT2D eigenvalue weighted by atomic mass is 19.1. The summed E-state index contributed by atoms with van der Waals surface area (Å²) in [5, 5.41) is 6.02. The molecule has 5 heterocycles. The van der Waals surface area contributed by atoms with Crippen molar-refractivity contribution in [3.05, 3.63) is 35.8 Å². The minimum absolute atomic E-state index is 0.126. The highest BCUT2D eigenvalue weighted by Crippen LogP contribution is 2.63. The molecular formula is C29H34FN7O2. The van der Waals surface area contributed by atoms with Crippen molar-refractivity contribution in [1.82, 2.24) is 20.2 Å². The Hall–Kier alpha value is -3.27. The average Bonchev–Trinajstić information content (AvgIpc) is 3.15. The first-order valence-corrected chi connectivity index (χ1v) is 14.2. The van der Waals surface area contributed by atoms with Crippen molar-refractivity contribution >= 4 is 35.0 Å². The van der Waals surface area contributed by atoms with Gasteiger partial charge in [-0.3, -0.25) is 19.4 Å². The van der Waals surface area contributed by atoms with Crippen LogP contribution in [0.15, 0.2) is 24.4 Å². The number of nitrogens with zero attached hydrogens (tertiary/aromatic N) is 5. The first-order chi connectivity index (χ1) is 18.7. The van der Waals surface area contributed by atoms with E-state index in [0.29, 0.717) is 59.9 Å². The second-order valence-electron chi connectivity index (χ2n) is 13.3. The summed E-state index contributed by atoms with van der Waals surface area (Å²) in [7, 11) is 0. The van der Waals surface area contributed by atoms with Crippen molar-refractivity contribution in [2.45, 2.75) is 57.5 Å². The fraction of sp³-hybridized carbons (Fsp3) is 0.586. The Morgan fingerprint density at radius 1 is 1.13 bits per heavy atom. The fourth-order valence-electron chi connectivity index (χ4n) is 7.96. The van der Waals surface area contributed by atoms with E-state index in [4.69, 9.17) is 4.98 Å². The average molecular weight is 532 g/mol. The van der Waals surface area contributed by atoms with Gasteiger partial charge < -0.3 is 15.5 Å². The van der Waals surface area contributed by atoms with Crippen LogP contribution in [0.1, 0.15) is 45.1 Å². The van der Waals surface area contributed by atoms with Crippen LogP contribution in [0.25, 0.3) is 0 Å². The third-order valence-corrected chi connectivity index (χ3v) is 10.3. The molecular weight excluding hydrogens is 497 g/mol. The van der Waals surface area contributed by atoms with Crippen LogP contribution in [0.4, 0.5) is 27.5 Å². The molecule has 3 saturated heterocycles. The van der Waals surface area contributed by atoms with E-state index in [1.165, 1.54) is 6.07 Å². The van der Waals surface area contributed by atoms with Crippen LogP contribution in [0, 0.1) is 22.6 Å². The fourth-order valence-corrected chi connectivity index (χ4v) is 7.96. The Balaban J connectivity index is 1.03. The molecule has 3 aliphatic carbocycles. The topological polar surface area (TPSA) is 93.7 Å². The number of halogens is 1. The molecule has 2 N–H and O–H groups in total. The third kappa shape index (κ3) is 3.21. The second kappa shape index (κ2) is 7.68. The molecule has 1 aromatic heterocycles. The lowest BCUT2D eigenvalue weighted by Crippen LogP contribution is -2.73. The van der Waals surface area contributed by atoms with Crippen LogP contribution in [0.5, 0.6) is 0 Å². The van der Waals surface area contributed by atoms with Gasteiger partial charge in [0.05, 0.1) is 11.2 Å². The number of carbonyl (C=O) groups excluding carboxylic acids is 2. The largest absolute Gasteiger partial charge is 0.368 e. The molecule has 0 unspecified atom stereocenters. The summed E-state index contributed by atoms with van der Waals surface area (Å²) in [5.74, 6) is 1.00. The van der Waals surface area contributed by atoms with Gasteiger partial charge in [0.25, 0.3) is 0 Å². The SMILES string of the molecule is CC(C)N1CC2(CN(c3ccc(Nc4ncc5c(n4)N(C46CC(C4)C6)C(=O)[C@]4(CCNC4=O)C5)cc3F)C2)C1. The zero-order valence-electron chi connectivity index (χ0n) is 22.5. The smallest absolute Gasteiger partial charge is 0.244 e. The first kappa shape index (κ1) is 23.6. The maximum atomic E-state index is 15.2. The van der Waals surface area contributed by atoms with Crippen LogP contribution in [0.3, 0.4) is 0 Å². The van der Waals surface area contributed by atoms with Gasteiger partial charge in [0.1, 0.15) is 17.1 Å². The summed E-state index contributed by atoms with van der Waals surface area (Å²) >= 11 is 0. The van der Waals surface area contributed by atoms with Gasteiger partial charge >= 0.3 is 0 Å². The zero-order chi connectivity index (χ0) is 26.7. The van der Waals surface area contributed by atoms with Crippen molar-refractivity contribution in [2.24, 2.45) is 16.7 Å². The number of hydrogen-bond donors (Lipinski definition) is 2. The zero-order valence-corrected chi connectivity index (χ0v) is 22.5. The lowest BCUT2D eigenvalue weighted by atomic mass is 9.48. The monoisotopic (exact) mass is 531 g/mol. The Kier molecular flexibility index (Phi) is 4.65. The van der Waals surface area contributed by atoms with Crippen LogP contribution in [0.2, 0.25) is 0 Å². The molecule has 3 saturated carbocycles. The molecule has 6 fully saturated rings. The number of nitrogens with one attached hydrogen (secondary N) is 2. The van der Waals surface area contributed by atoms with E-state index in [1.807, 2.05) is 17.0 Å². The van der Waals surface area contributed by atoms with Crippen LogP contribution in [-0.4, -0.2) is 71.0 Å². The second-order valence-corrected chi connectivity index (χ2v) is 13.3. The Morgan fingerprint density at radius 2 is 1.90 bits per heavy atom. The van der Waals surface area contributed by atoms with E-state index in [9.17, 15) is 9.59 Å². The van der Waals surface area contributed by atoms with Crippen molar-refractivity contribution in [3.8, 4) is 0 Å². The molecule has 2 aromatic rings. The minimum Gasteiger partial charge on any atom is -0.368 e. The van der Waals surface area contributed by atoms with Gasteiger partial charge in [0.15, 0.2) is 0 Å². The summed E-state index contributed by atoms with van der Waals surface area (Å²) < 4.78 is 15.2. The molecule has 10 heteroatoms. The van der Waals surface area contributed by atoms with Crippen molar-refractivity contribution in [1.29, 1.82) is 0 Å². The number of rotatable bonds is 5. The van der Waals surface area contributed by atoms with Crippen molar-refractivity contribution in [3.63, 3.8) is 0 Å². The number of fused-ring (bicyclic) bond motifs is 1.